The summed E-state index contributed by atoms with van der Waals surface area (Å²) in [6, 6.07) is 8.50. The number of para-hydroxylation sites is 1. The monoisotopic (exact) mass is 368 g/mol. The quantitative estimate of drug-likeness (QED) is 0.728. The molecule has 0 aliphatic carbocycles. The number of primary amides is 1. The van der Waals surface area contributed by atoms with Crippen molar-refractivity contribution in [3.8, 4) is 0 Å². The van der Waals surface area contributed by atoms with Gasteiger partial charge >= 0.3 is 0 Å². The first-order chi connectivity index (χ1) is 12.7. The SMILES string of the molecule is NC(=O)c1csc(N2CCC3(CC2)OCCc2c3[nH]c3ccccc23)n1. The van der Waals surface area contributed by atoms with E-state index in [0.717, 1.165) is 44.1 Å². The number of fused-ring (bicyclic) bond motifs is 4. The van der Waals surface area contributed by atoms with E-state index in [9.17, 15) is 4.79 Å². The zero-order valence-corrected chi connectivity index (χ0v) is 15.1. The van der Waals surface area contributed by atoms with Crippen LogP contribution in [0.15, 0.2) is 29.6 Å². The second-order valence-electron chi connectivity index (χ2n) is 6.98. The van der Waals surface area contributed by atoms with Crippen LogP contribution in [0.4, 0.5) is 5.13 Å². The van der Waals surface area contributed by atoms with Crippen LogP contribution in [0, 0.1) is 0 Å². The second kappa shape index (κ2) is 5.82. The van der Waals surface area contributed by atoms with Gasteiger partial charge in [0, 0.05) is 29.4 Å². The van der Waals surface area contributed by atoms with Crippen LogP contribution in [0.5, 0.6) is 0 Å². The van der Waals surface area contributed by atoms with Gasteiger partial charge in [-0.1, -0.05) is 18.2 Å². The van der Waals surface area contributed by atoms with Gasteiger partial charge in [0.15, 0.2) is 5.13 Å². The summed E-state index contributed by atoms with van der Waals surface area (Å²) in [5.41, 5.74) is 9.27. The highest BCUT2D eigenvalue weighted by molar-refractivity contribution is 7.13. The summed E-state index contributed by atoms with van der Waals surface area (Å²) >= 11 is 1.47. The van der Waals surface area contributed by atoms with Crippen molar-refractivity contribution in [1.82, 2.24) is 9.97 Å². The highest BCUT2D eigenvalue weighted by atomic mass is 32.1. The summed E-state index contributed by atoms with van der Waals surface area (Å²) in [5.74, 6) is -0.473. The van der Waals surface area contributed by atoms with Crippen LogP contribution in [0.25, 0.3) is 10.9 Å². The lowest BCUT2D eigenvalue weighted by Crippen LogP contribution is -2.46. The number of H-pyrrole nitrogens is 1. The van der Waals surface area contributed by atoms with Crippen LogP contribution >= 0.6 is 11.3 Å². The first-order valence-electron chi connectivity index (χ1n) is 8.91. The van der Waals surface area contributed by atoms with Gasteiger partial charge in [0.1, 0.15) is 11.3 Å². The number of piperidine rings is 1. The fourth-order valence-corrected chi connectivity index (χ4v) is 5.11. The number of hydrogen-bond donors (Lipinski definition) is 2. The molecule has 1 aromatic carbocycles. The lowest BCUT2D eigenvalue weighted by molar-refractivity contribution is -0.0790. The summed E-state index contributed by atoms with van der Waals surface area (Å²) in [5, 5.41) is 3.91. The van der Waals surface area contributed by atoms with Gasteiger partial charge in [0.2, 0.25) is 0 Å². The van der Waals surface area contributed by atoms with E-state index in [1.54, 1.807) is 5.38 Å². The lowest BCUT2D eigenvalue weighted by atomic mass is 9.83. The van der Waals surface area contributed by atoms with Crippen LogP contribution < -0.4 is 10.6 Å². The van der Waals surface area contributed by atoms with E-state index in [0.29, 0.717) is 5.69 Å². The number of nitrogens with two attached hydrogens (primary N) is 1. The van der Waals surface area contributed by atoms with E-state index < -0.39 is 5.91 Å². The summed E-state index contributed by atoms with van der Waals surface area (Å²) in [6.45, 7) is 2.46. The molecule has 1 saturated heterocycles. The van der Waals surface area contributed by atoms with E-state index in [-0.39, 0.29) is 5.60 Å². The number of carbonyl (C=O) groups is 1. The standard InChI is InChI=1S/C19H20N4O2S/c20-17(24)15-11-26-18(22-15)23-8-6-19(7-9-23)16-13(5-10-25-19)12-3-1-2-4-14(12)21-16/h1-4,11,21H,5-10H2,(H2,20,24). The predicted octanol–water partition coefficient (Wildman–Crippen LogP) is 2.79. The van der Waals surface area contributed by atoms with Gasteiger partial charge in [-0.2, -0.15) is 0 Å². The molecule has 3 aromatic rings. The molecule has 0 atom stereocenters. The molecule has 2 aliphatic rings. The average molecular weight is 368 g/mol. The Morgan fingerprint density at radius 2 is 2.12 bits per heavy atom. The number of benzene rings is 1. The Balaban J connectivity index is 1.43. The van der Waals surface area contributed by atoms with Gasteiger partial charge in [-0.15, -0.1) is 11.3 Å². The number of nitrogens with zero attached hydrogens (tertiary/aromatic N) is 2. The maximum Gasteiger partial charge on any atom is 0.268 e. The van der Waals surface area contributed by atoms with Gasteiger partial charge < -0.3 is 20.4 Å². The number of carbonyl (C=O) groups excluding carboxylic acids is 1. The molecule has 0 unspecified atom stereocenters. The van der Waals surface area contributed by atoms with Crippen molar-refractivity contribution in [3.05, 3.63) is 46.6 Å². The third kappa shape index (κ3) is 2.34. The number of aromatic amines is 1. The number of ether oxygens (including phenoxy) is 1. The van der Waals surface area contributed by atoms with Crippen molar-refractivity contribution in [2.75, 3.05) is 24.6 Å². The van der Waals surface area contributed by atoms with Gasteiger partial charge in [-0.3, -0.25) is 4.79 Å². The number of aromatic nitrogens is 2. The maximum atomic E-state index is 11.3. The molecule has 4 heterocycles. The van der Waals surface area contributed by atoms with Crippen LogP contribution in [0.1, 0.15) is 34.6 Å². The van der Waals surface area contributed by atoms with Crippen molar-refractivity contribution in [2.45, 2.75) is 24.9 Å². The van der Waals surface area contributed by atoms with Crippen LogP contribution in [0.3, 0.4) is 0 Å². The Labute approximate surface area is 155 Å². The summed E-state index contributed by atoms with van der Waals surface area (Å²) in [6.07, 6.45) is 2.76. The minimum atomic E-state index is -0.473. The Hall–Kier alpha value is -2.38. The summed E-state index contributed by atoms with van der Waals surface area (Å²) < 4.78 is 6.34. The molecule has 5 rings (SSSR count). The molecule has 2 aliphatic heterocycles. The number of nitrogens with one attached hydrogen (secondary N) is 1. The summed E-state index contributed by atoms with van der Waals surface area (Å²) in [4.78, 5) is 21.5. The number of rotatable bonds is 2. The Bertz CT molecular complexity index is 985. The molecule has 7 heteroatoms. The third-order valence-corrected chi connectivity index (χ3v) is 6.49. The van der Waals surface area contributed by atoms with Crippen molar-refractivity contribution in [3.63, 3.8) is 0 Å². The average Bonchev–Trinajstić information content (AvgIpc) is 3.29. The van der Waals surface area contributed by atoms with Crippen LogP contribution in [-0.2, 0) is 16.8 Å². The van der Waals surface area contributed by atoms with E-state index in [2.05, 4.69) is 39.1 Å². The van der Waals surface area contributed by atoms with Crippen molar-refractivity contribution < 1.29 is 9.53 Å². The number of hydrogen-bond acceptors (Lipinski definition) is 5. The highest BCUT2D eigenvalue weighted by Crippen LogP contribution is 2.44. The van der Waals surface area contributed by atoms with Gasteiger partial charge in [0.25, 0.3) is 5.91 Å². The molecular formula is C19H20N4O2S. The fraction of sp³-hybridized carbons (Fsp3) is 0.368. The zero-order valence-electron chi connectivity index (χ0n) is 14.3. The van der Waals surface area contributed by atoms with Gasteiger partial charge in [-0.05, 0) is 30.9 Å². The molecule has 1 spiro atoms. The fourth-order valence-electron chi connectivity index (χ4n) is 4.25. The molecule has 1 fully saturated rings. The van der Waals surface area contributed by atoms with Crippen molar-refractivity contribution >= 4 is 33.3 Å². The largest absolute Gasteiger partial charge is 0.368 e. The molecule has 134 valence electrons. The zero-order chi connectivity index (χ0) is 17.7. The molecule has 0 bridgehead atoms. The molecule has 2 aromatic heterocycles. The molecule has 1 amide bonds. The first-order valence-corrected chi connectivity index (χ1v) is 9.79. The second-order valence-corrected chi connectivity index (χ2v) is 7.82. The van der Waals surface area contributed by atoms with Crippen LogP contribution in [0.2, 0.25) is 0 Å². The molecule has 6 nitrogen and oxygen atoms in total. The van der Waals surface area contributed by atoms with Crippen LogP contribution in [-0.4, -0.2) is 35.6 Å². The lowest BCUT2D eigenvalue weighted by Gasteiger charge is -2.43. The normalized spacial score (nSPS) is 19.0. The van der Waals surface area contributed by atoms with Crippen molar-refractivity contribution in [2.24, 2.45) is 5.73 Å². The number of amides is 1. The van der Waals surface area contributed by atoms with Gasteiger partial charge in [0.05, 0.1) is 12.3 Å². The van der Waals surface area contributed by atoms with E-state index >= 15 is 0 Å². The van der Waals surface area contributed by atoms with E-state index in [1.165, 1.54) is 33.5 Å². The minimum absolute atomic E-state index is 0.243. The Morgan fingerprint density at radius 3 is 2.88 bits per heavy atom. The molecule has 26 heavy (non-hydrogen) atoms. The number of anilines is 1. The third-order valence-electron chi connectivity index (χ3n) is 5.59. The smallest absolute Gasteiger partial charge is 0.268 e. The molecule has 0 radical (unpaired) electrons. The van der Waals surface area contributed by atoms with E-state index in [1.807, 2.05) is 0 Å². The topological polar surface area (TPSA) is 84.2 Å². The molecule has 3 N–H and O–H groups in total. The first kappa shape index (κ1) is 15.8. The Morgan fingerprint density at radius 1 is 1.31 bits per heavy atom. The predicted molar refractivity (Wildman–Crippen MR) is 102 cm³/mol. The van der Waals surface area contributed by atoms with E-state index in [4.69, 9.17) is 10.5 Å². The molecular weight excluding hydrogens is 348 g/mol. The van der Waals surface area contributed by atoms with Crippen molar-refractivity contribution in [1.29, 1.82) is 0 Å². The minimum Gasteiger partial charge on any atom is -0.368 e. The highest BCUT2D eigenvalue weighted by Gasteiger charge is 2.43. The summed E-state index contributed by atoms with van der Waals surface area (Å²) in [7, 11) is 0. The van der Waals surface area contributed by atoms with Gasteiger partial charge in [-0.25, -0.2) is 4.98 Å². The number of thiazole rings is 1. The maximum absolute atomic E-state index is 11.3. The Kier molecular flexibility index (Phi) is 3.55. The molecule has 0 saturated carbocycles.